The van der Waals surface area contributed by atoms with E-state index in [1.54, 1.807) is 0 Å². The molecule has 0 aromatic heterocycles. The predicted molar refractivity (Wildman–Crippen MR) is 95.0 cm³/mol. The highest BCUT2D eigenvalue weighted by atomic mass is 15.6. The van der Waals surface area contributed by atoms with Crippen LogP contribution in [0.2, 0.25) is 0 Å². The lowest BCUT2D eigenvalue weighted by Gasteiger charge is -2.59. The molecular weight excluding hydrogens is 294 g/mol. The molecule has 2 heterocycles. The van der Waals surface area contributed by atoms with E-state index in [0.717, 1.165) is 30.7 Å². The second-order valence-corrected chi connectivity index (χ2v) is 8.85. The van der Waals surface area contributed by atoms with Crippen LogP contribution in [0.3, 0.4) is 0 Å². The summed E-state index contributed by atoms with van der Waals surface area (Å²) < 4.78 is 0. The maximum absolute atomic E-state index is 4.95. The van der Waals surface area contributed by atoms with Crippen LogP contribution in [0.1, 0.15) is 49.7 Å². The van der Waals surface area contributed by atoms with Gasteiger partial charge in [0.25, 0.3) is 0 Å². The molecule has 7 rings (SSSR count). The van der Waals surface area contributed by atoms with Crippen molar-refractivity contribution in [3.63, 3.8) is 0 Å². The van der Waals surface area contributed by atoms with Crippen molar-refractivity contribution in [2.24, 2.45) is 22.9 Å². The van der Waals surface area contributed by atoms with E-state index < -0.39 is 0 Å². The summed E-state index contributed by atoms with van der Waals surface area (Å²) in [5, 5.41) is 7.41. The molecule has 3 nitrogen and oxygen atoms in total. The zero-order valence-corrected chi connectivity index (χ0v) is 14.2. The monoisotopic (exact) mass is 319 g/mol. The van der Waals surface area contributed by atoms with Gasteiger partial charge in [0.2, 0.25) is 0 Å². The molecule has 0 atom stereocenters. The van der Waals surface area contributed by atoms with Gasteiger partial charge < -0.3 is 4.90 Å². The van der Waals surface area contributed by atoms with Crippen molar-refractivity contribution in [2.75, 3.05) is 0 Å². The molecule has 24 heavy (non-hydrogen) atoms. The largest absolute Gasteiger partial charge is 0.312 e. The smallest absolute Gasteiger partial charge is 0.127 e. The number of hydrogen-bond donors (Lipinski definition) is 0. The molecule has 0 unspecified atom stereocenters. The van der Waals surface area contributed by atoms with Crippen LogP contribution in [0.4, 0.5) is 0 Å². The average molecular weight is 319 g/mol. The number of benzene rings is 1. The maximum Gasteiger partial charge on any atom is 0.127 e. The molecule has 1 aromatic rings. The van der Waals surface area contributed by atoms with Gasteiger partial charge in [0.05, 0.1) is 12.1 Å². The Hall–Kier alpha value is -1.77. The highest BCUT2D eigenvalue weighted by Crippen LogP contribution is 2.59. The Morgan fingerprint density at radius 3 is 2.29 bits per heavy atom. The number of hydrazone groups is 1. The summed E-state index contributed by atoms with van der Waals surface area (Å²) in [6, 6.07) is 8.88. The van der Waals surface area contributed by atoms with Crippen LogP contribution < -0.4 is 0 Å². The Morgan fingerprint density at radius 2 is 1.58 bits per heavy atom. The van der Waals surface area contributed by atoms with Crippen LogP contribution in [0, 0.1) is 17.8 Å². The normalized spacial score (nSPS) is 38.8. The molecule has 3 heteroatoms. The first-order valence-corrected chi connectivity index (χ1v) is 9.67. The number of allylic oxidation sites excluding steroid dienone is 1. The molecule has 0 radical (unpaired) electrons. The first-order chi connectivity index (χ1) is 11.8. The summed E-state index contributed by atoms with van der Waals surface area (Å²) in [7, 11) is 0. The summed E-state index contributed by atoms with van der Waals surface area (Å²) in [6.07, 6.45) is 14.1. The third kappa shape index (κ3) is 1.81. The first kappa shape index (κ1) is 13.5. The third-order valence-corrected chi connectivity index (χ3v) is 7.24. The van der Waals surface area contributed by atoms with E-state index in [-0.39, 0.29) is 0 Å². The molecule has 0 spiro atoms. The fourth-order valence-electron chi connectivity index (χ4n) is 6.66. The molecule has 4 fully saturated rings. The Labute approximate surface area is 144 Å². The third-order valence-electron chi connectivity index (χ3n) is 7.24. The maximum atomic E-state index is 4.95. The molecule has 2 aliphatic heterocycles. The molecule has 4 bridgehead atoms. The summed E-state index contributed by atoms with van der Waals surface area (Å²) in [5.41, 5.74) is 3.24. The van der Waals surface area contributed by atoms with Crippen LogP contribution in [-0.4, -0.2) is 21.8 Å². The Morgan fingerprint density at radius 1 is 0.917 bits per heavy atom. The van der Waals surface area contributed by atoms with Gasteiger partial charge in [-0.1, -0.05) is 24.3 Å². The van der Waals surface area contributed by atoms with Gasteiger partial charge in [-0.25, -0.2) is 5.01 Å². The van der Waals surface area contributed by atoms with Gasteiger partial charge in [0.1, 0.15) is 12.2 Å². The topological polar surface area (TPSA) is 18.8 Å². The predicted octanol–water partition coefficient (Wildman–Crippen LogP) is 4.11. The minimum atomic E-state index is 0.322. The number of fused-ring (bicyclic) bond motifs is 2. The molecule has 1 aromatic carbocycles. The summed E-state index contributed by atoms with van der Waals surface area (Å²) >= 11 is 0. The lowest BCUT2D eigenvalue weighted by molar-refractivity contribution is -0.0771. The molecule has 6 aliphatic rings. The number of nitrogens with zero attached hydrogens (tertiary/aromatic N) is 3. The van der Waals surface area contributed by atoms with Gasteiger partial charge in [0.15, 0.2) is 0 Å². The fraction of sp³-hybridized carbons (Fsp3) is 0.571. The Balaban J connectivity index is 1.36. The van der Waals surface area contributed by atoms with E-state index in [2.05, 4.69) is 46.6 Å². The summed E-state index contributed by atoms with van der Waals surface area (Å²) in [4.78, 5) is 2.38. The molecule has 0 amide bonds. The second kappa shape index (κ2) is 4.65. The zero-order chi connectivity index (χ0) is 15.7. The summed E-state index contributed by atoms with van der Waals surface area (Å²) in [5.74, 6) is 4.24. The van der Waals surface area contributed by atoms with E-state index in [4.69, 9.17) is 5.10 Å². The Bertz CT molecular complexity index is 712. The molecule has 4 saturated carbocycles. The van der Waals surface area contributed by atoms with Crippen molar-refractivity contribution in [3.05, 3.63) is 47.3 Å². The lowest BCUT2D eigenvalue weighted by Crippen LogP contribution is -2.58. The van der Waals surface area contributed by atoms with Gasteiger partial charge in [-0.3, -0.25) is 0 Å². The first-order valence-electron chi connectivity index (χ1n) is 9.67. The lowest BCUT2D eigenvalue weighted by atomic mass is 9.53. The molecule has 0 N–H and O–H groups in total. The van der Waals surface area contributed by atoms with Crippen molar-refractivity contribution in [2.45, 2.75) is 57.0 Å². The van der Waals surface area contributed by atoms with E-state index in [1.807, 2.05) is 0 Å². The molecule has 0 saturated heterocycles. The highest BCUT2D eigenvalue weighted by Gasteiger charge is 2.55. The quantitative estimate of drug-likeness (QED) is 0.775. The van der Waals surface area contributed by atoms with Crippen LogP contribution in [0.5, 0.6) is 0 Å². The Kier molecular flexibility index (Phi) is 2.62. The van der Waals surface area contributed by atoms with Crippen molar-refractivity contribution in [1.29, 1.82) is 0 Å². The van der Waals surface area contributed by atoms with Gasteiger partial charge in [-0.2, -0.15) is 5.10 Å². The van der Waals surface area contributed by atoms with Gasteiger partial charge in [-0.15, -0.1) is 0 Å². The van der Waals surface area contributed by atoms with Crippen molar-refractivity contribution < 1.29 is 0 Å². The second-order valence-electron chi connectivity index (χ2n) is 8.85. The SMILES string of the molecule is C1=NN(C23CC4CC(CC(C4)C2)C3)C2=CCc3ccccc3CN12. The average Bonchev–Trinajstić information content (AvgIpc) is 2.88. The number of hydrogen-bond acceptors (Lipinski definition) is 3. The van der Waals surface area contributed by atoms with Crippen molar-refractivity contribution in [3.8, 4) is 0 Å². The standard InChI is InChI=1S/C21H25N3/c1-2-4-19-13-23-14-22-24(20(23)6-5-18(19)3-1)21-10-15-7-16(11-21)9-17(8-15)12-21/h1-4,6,14-17H,5,7-13H2. The van der Waals surface area contributed by atoms with E-state index in [1.165, 1.54) is 55.5 Å². The van der Waals surface area contributed by atoms with Gasteiger partial charge >= 0.3 is 0 Å². The number of rotatable bonds is 1. The molecule has 4 aliphatic carbocycles. The zero-order valence-electron chi connectivity index (χ0n) is 14.2. The minimum absolute atomic E-state index is 0.322. The van der Waals surface area contributed by atoms with E-state index >= 15 is 0 Å². The fourth-order valence-corrected chi connectivity index (χ4v) is 6.66. The van der Waals surface area contributed by atoms with Gasteiger partial charge in [-0.05, 0) is 79.9 Å². The van der Waals surface area contributed by atoms with Crippen LogP contribution in [0.25, 0.3) is 0 Å². The van der Waals surface area contributed by atoms with Crippen LogP contribution in [-0.2, 0) is 13.0 Å². The van der Waals surface area contributed by atoms with E-state index in [9.17, 15) is 0 Å². The minimum Gasteiger partial charge on any atom is -0.312 e. The van der Waals surface area contributed by atoms with Crippen LogP contribution in [0.15, 0.2) is 41.3 Å². The van der Waals surface area contributed by atoms with Crippen molar-refractivity contribution >= 4 is 6.34 Å². The summed E-state index contributed by atoms with van der Waals surface area (Å²) in [6.45, 7) is 0.967. The van der Waals surface area contributed by atoms with Crippen molar-refractivity contribution in [1.82, 2.24) is 9.91 Å². The van der Waals surface area contributed by atoms with E-state index in [0.29, 0.717) is 5.54 Å². The molecule has 124 valence electrons. The molecular formula is C21H25N3. The highest BCUT2D eigenvalue weighted by molar-refractivity contribution is 5.62. The van der Waals surface area contributed by atoms with Crippen LogP contribution >= 0.6 is 0 Å². The van der Waals surface area contributed by atoms with Gasteiger partial charge in [0, 0.05) is 0 Å².